The van der Waals surface area contributed by atoms with Gasteiger partial charge in [-0.25, -0.2) is 9.79 Å². The van der Waals surface area contributed by atoms with Crippen molar-refractivity contribution in [2.45, 2.75) is 33.2 Å². The Bertz CT molecular complexity index is 812. The van der Waals surface area contributed by atoms with Crippen LogP contribution in [0.3, 0.4) is 0 Å². The summed E-state index contributed by atoms with van der Waals surface area (Å²) in [6.45, 7) is 6.12. The fourth-order valence-electron chi connectivity index (χ4n) is 2.97. The van der Waals surface area contributed by atoms with Gasteiger partial charge in [-0.1, -0.05) is 68.1 Å². The minimum atomic E-state index is -0.502. The summed E-state index contributed by atoms with van der Waals surface area (Å²) in [5.41, 5.74) is 2.05. The van der Waals surface area contributed by atoms with E-state index in [1.807, 2.05) is 56.3 Å². The third kappa shape index (κ3) is 4.50. The Labute approximate surface area is 164 Å². The molecule has 0 spiro atoms. The molecule has 1 saturated heterocycles. The molecule has 1 aromatic carbocycles. The number of amides is 1. The first kappa shape index (κ1) is 19.4. The van der Waals surface area contributed by atoms with E-state index in [0.29, 0.717) is 35.2 Å². The number of thioether (sulfide) groups is 1. The van der Waals surface area contributed by atoms with Crippen LogP contribution in [-0.2, 0) is 14.3 Å². The SMILES string of the molecule is CC1=C(C(=O)OCC(C)C)[C@@H](C=Cc2ccccc2)N2C(=O)CCSC2=N1. The fourth-order valence-corrected chi connectivity index (χ4v) is 3.99. The van der Waals surface area contributed by atoms with Gasteiger partial charge >= 0.3 is 5.97 Å². The van der Waals surface area contributed by atoms with Crippen LogP contribution in [0.4, 0.5) is 0 Å². The fraction of sp³-hybridized carbons (Fsp3) is 0.381. The van der Waals surface area contributed by atoms with Gasteiger partial charge in [-0.3, -0.25) is 9.69 Å². The maximum absolute atomic E-state index is 12.8. The highest BCUT2D eigenvalue weighted by Crippen LogP contribution is 2.32. The molecule has 0 bridgehead atoms. The topological polar surface area (TPSA) is 59.0 Å². The molecule has 3 rings (SSSR count). The lowest BCUT2D eigenvalue weighted by molar-refractivity contribution is -0.140. The van der Waals surface area contributed by atoms with Crippen LogP contribution >= 0.6 is 11.8 Å². The predicted molar refractivity (Wildman–Crippen MR) is 109 cm³/mol. The summed E-state index contributed by atoms with van der Waals surface area (Å²) >= 11 is 1.55. The lowest BCUT2D eigenvalue weighted by Crippen LogP contribution is -2.49. The average Bonchev–Trinajstić information content (AvgIpc) is 2.64. The van der Waals surface area contributed by atoms with Crippen LogP contribution in [-0.4, -0.2) is 40.3 Å². The third-order valence-electron chi connectivity index (χ3n) is 4.29. The first-order chi connectivity index (χ1) is 13.0. The number of carbonyl (C=O) groups excluding carboxylic acids is 2. The van der Waals surface area contributed by atoms with E-state index in [1.54, 1.807) is 23.6 Å². The van der Waals surface area contributed by atoms with E-state index < -0.39 is 12.0 Å². The summed E-state index contributed by atoms with van der Waals surface area (Å²) in [6, 6.07) is 9.31. The van der Waals surface area contributed by atoms with Gasteiger partial charge in [0.15, 0.2) is 5.17 Å². The Morgan fingerprint density at radius 1 is 1.37 bits per heavy atom. The first-order valence-electron chi connectivity index (χ1n) is 9.12. The average molecular weight is 385 g/mol. The van der Waals surface area contributed by atoms with Crippen molar-refractivity contribution in [1.29, 1.82) is 0 Å². The second kappa shape index (κ2) is 8.57. The zero-order valence-corrected chi connectivity index (χ0v) is 16.7. The smallest absolute Gasteiger partial charge is 0.338 e. The highest BCUT2D eigenvalue weighted by molar-refractivity contribution is 8.14. The molecule has 0 aliphatic carbocycles. The summed E-state index contributed by atoms with van der Waals surface area (Å²) in [5, 5.41) is 0.659. The van der Waals surface area contributed by atoms with Gasteiger partial charge in [0.05, 0.1) is 23.9 Å². The minimum Gasteiger partial charge on any atom is -0.462 e. The van der Waals surface area contributed by atoms with E-state index in [-0.39, 0.29) is 11.8 Å². The molecule has 2 aliphatic heterocycles. The molecule has 2 aliphatic rings. The van der Waals surface area contributed by atoms with Crippen molar-refractivity contribution in [3.05, 3.63) is 53.2 Å². The van der Waals surface area contributed by atoms with Gasteiger partial charge in [-0.05, 0) is 18.4 Å². The Balaban J connectivity index is 1.97. The molecule has 0 unspecified atom stereocenters. The Morgan fingerprint density at radius 2 is 2.11 bits per heavy atom. The summed E-state index contributed by atoms with van der Waals surface area (Å²) in [7, 11) is 0. The van der Waals surface area contributed by atoms with E-state index in [1.165, 1.54) is 0 Å². The molecule has 142 valence electrons. The number of hydrogen-bond donors (Lipinski definition) is 0. The van der Waals surface area contributed by atoms with Crippen molar-refractivity contribution >= 4 is 34.9 Å². The number of rotatable bonds is 5. The molecule has 0 saturated carbocycles. The van der Waals surface area contributed by atoms with Crippen LogP contribution in [0.25, 0.3) is 6.08 Å². The molecule has 1 fully saturated rings. The number of carbonyl (C=O) groups is 2. The molecule has 1 amide bonds. The maximum Gasteiger partial charge on any atom is 0.338 e. The summed E-state index contributed by atoms with van der Waals surface area (Å²) < 4.78 is 5.47. The second-order valence-corrected chi connectivity index (χ2v) is 8.02. The minimum absolute atomic E-state index is 0.0168. The van der Waals surface area contributed by atoms with Crippen molar-refractivity contribution in [3.63, 3.8) is 0 Å². The molecule has 0 aromatic heterocycles. The van der Waals surface area contributed by atoms with Crippen molar-refractivity contribution in [3.8, 4) is 0 Å². The van der Waals surface area contributed by atoms with Gasteiger partial charge < -0.3 is 4.74 Å². The van der Waals surface area contributed by atoms with Crippen LogP contribution < -0.4 is 0 Å². The lowest BCUT2D eigenvalue weighted by atomic mass is 10.00. The van der Waals surface area contributed by atoms with Gasteiger partial charge in [-0.15, -0.1) is 0 Å². The molecule has 1 aromatic rings. The van der Waals surface area contributed by atoms with Crippen LogP contribution in [0.1, 0.15) is 32.8 Å². The van der Waals surface area contributed by atoms with E-state index in [9.17, 15) is 9.59 Å². The predicted octanol–water partition coefficient (Wildman–Crippen LogP) is 3.88. The van der Waals surface area contributed by atoms with Crippen LogP contribution in [0, 0.1) is 5.92 Å². The largest absolute Gasteiger partial charge is 0.462 e. The van der Waals surface area contributed by atoms with Crippen molar-refractivity contribution < 1.29 is 14.3 Å². The molecule has 0 N–H and O–H groups in total. The molecule has 27 heavy (non-hydrogen) atoms. The number of allylic oxidation sites excluding steroid dienone is 1. The van der Waals surface area contributed by atoms with E-state index >= 15 is 0 Å². The number of ether oxygens (including phenoxy) is 1. The Kier molecular flexibility index (Phi) is 6.16. The lowest BCUT2D eigenvalue weighted by Gasteiger charge is -2.37. The normalized spacial score (nSPS) is 20.1. The van der Waals surface area contributed by atoms with E-state index in [2.05, 4.69) is 4.99 Å². The number of benzene rings is 1. The standard InChI is InChI=1S/C21H24N2O3S/c1-14(2)13-26-20(25)19-15(3)22-21-23(18(24)11-12-27-21)17(19)10-9-16-7-5-4-6-8-16/h4-10,14,17H,11-13H2,1-3H3/t17-/m1/s1. The van der Waals surface area contributed by atoms with Gasteiger partial charge in [0.2, 0.25) is 5.91 Å². The summed E-state index contributed by atoms with van der Waals surface area (Å²) in [4.78, 5) is 31.6. The summed E-state index contributed by atoms with van der Waals surface area (Å²) in [5.74, 6) is 0.527. The number of fused-ring (bicyclic) bond motifs is 1. The zero-order chi connectivity index (χ0) is 19.4. The van der Waals surface area contributed by atoms with Gasteiger partial charge in [0.25, 0.3) is 0 Å². The van der Waals surface area contributed by atoms with Gasteiger partial charge in [-0.2, -0.15) is 0 Å². The molecule has 5 nitrogen and oxygen atoms in total. The number of esters is 1. The van der Waals surface area contributed by atoms with Crippen molar-refractivity contribution in [2.75, 3.05) is 12.4 Å². The summed E-state index contributed by atoms with van der Waals surface area (Å²) in [6.07, 6.45) is 4.26. The number of nitrogens with zero attached hydrogens (tertiary/aromatic N) is 2. The van der Waals surface area contributed by atoms with E-state index in [4.69, 9.17) is 4.74 Å². The van der Waals surface area contributed by atoms with Crippen LogP contribution in [0.2, 0.25) is 0 Å². The maximum atomic E-state index is 12.8. The molecular formula is C21H24N2O3S. The third-order valence-corrected chi connectivity index (χ3v) is 5.24. The molecule has 1 atom stereocenters. The monoisotopic (exact) mass is 384 g/mol. The second-order valence-electron chi connectivity index (χ2n) is 6.96. The van der Waals surface area contributed by atoms with Crippen molar-refractivity contribution in [2.24, 2.45) is 10.9 Å². The molecule has 0 radical (unpaired) electrons. The quantitative estimate of drug-likeness (QED) is 0.723. The van der Waals surface area contributed by atoms with Crippen molar-refractivity contribution in [1.82, 2.24) is 4.90 Å². The first-order valence-corrected chi connectivity index (χ1v) is 10.1. The Hall–Kier alpha value is -2.34. The van der Waals surface area contributed by atoms with Gasteiger partial charge in [0.1, 0.15) is 0 Å². The number of aliphatic imine (C=N–C) groups is 1. The van der Waals surface area contributed by atoms with Crippen LogP contribution in [0.5, 0.6) is 0 Å². The highest BCUT2D eigenvalue weighted by atomic mass is 32.2. The van der Waals surface area contributed by atoms with Gasteiger partial charge in [0, 0.05) is 12.2 Å². The number of hydrogen-bond acceptors (Lipinski definition) is 5. The molecular weight excluding hydrogens is 360 g/mol. The highest BCUT2D eigenvalue weighted by Gasteiger charge is 2.39. The molecule has 2 heterocycles. The van der Waals surface area contributed by atoms with E-state index in [0.717, 1.165) is 5.56 Å². The molecule has 6 heteroatoms. The zero-order valence-electron chi connectivity index (χ0n) is 15.8. The van der Waals surface area contributed by atoms with Crippen LogP contribution in [0.15, 0.2) is 52.7 Å². The Morgan fingerprint density at radius 3 is 2.81 bits per heavy atom. The number of amidine groups is 1.